The SMILES string of the molecule is CCOC(=O)c1cn(CCC(O)(P(=O)(OOC)OOC)P(=O)(OOC)OOC)c2cc(N3CCN(C)CC3)c(F)cc2c1=O. The summed E-state index contributed by atoms with van der Waals surface area (Å²) in [5.74, 6) is -1.71. The molecule has 3 rings (SSSR count). The van der Waals surface area contributed by atoms with E-state index in [0.717, 1.165) is 40.7 Å². The Morgan fingerprint density at radius 2 is 1.48 bits per heavy atom. The number of rotatable bonds is 16. The van der Waals surface area contributed by atoms with Gasteiger partial charge in [-0.25, -0.2) is 28.7 Å². The van der Waals surface area contributed by atoms with E-state index in [-0.39, 0.29) is 23.2 Å². The first kappa shape index (κ1) is 36.2. The lowest BCUT2D eigenvalue weighted by Gasteiger charge is -2.35. The summed E-state index contributed by atoms with van der Waals surface area (Å²) in [6, 6.07) is 2.40. The number of hydrogen-bond donors (Lipinski definition) is 1. The zero-order valence-corrected chi connectivity index (χ0v) is 26.8. The monoisotopic (exact) mass is 671 g/mol. The summed E-state index contributed by atoms with van der Waals surface area (Å²) >= 11 is 0. The van der Waals surface area contributed by atoms with Crippen molar-refractivity contribution in [1.82, 2.24) is 9.47 Å². The first-order valence-electron chi connectivity index (χ1n) is 13.1. The van der Waals surface area contributed by atoms with Gasteiger partial charge in [0.25, 0.3) is 5.08 Å². The predicted octanol–water partition coefficient (Wildman–Crippen LogP) is 2.80. The van der Waals surface area contributed by atoms with E-state index in [4.69, 9.17) is 23.4 Å². The van der Waals surface area contributed by atoms with Gasteiger partial charge < -0.3 is 24.2 Å². The minimum absolute atomic E-state index is 0.0649. The standard InChI is InChI=1S/C24H36FN3O14P2/c1-7-38-23(30)18-16-28(20-15-21(19(25)14-17(20)22(18)29)27-12-10-26(2)11-13-27)9-8-24(31,43(32,39-34-3)40-35-4)44(33,41-36-5)42-37-6/h14-16,31H,7-13H2,1-6H3. The van der Waals surface area contributed by atoms with E-state index in [9.17, 15) is 23.8 Å². The molecule has 0 unspecified atom stereocenters. The molecule has 2 aromatic rings. The van der Waals surface area contributed by atoms with Crippen LogP contribution in [-0.2, 0) is 58.7 Å². The molecule has 0 bridgehead atoms. The third-order valence-electron chi connectivity index (χ3n) is 6.74. The molecule has 44 heavy (non-hydrogen) atoms. The maximum Gasteiger partial charge on any atom is 0.428 e. The molecular formula is C24H36FN3O14P2. The first-order chi connectivity index (χ1) is 20.8. The summed E-state index contributed by atoms with van der Waals surface area (Å²) < 4.78 is 68.1. The molecular weight excluding hydrogens is 635 g/mol. The highest BCUT2D eigenvalue weighted by Gasteiger charge is 2.68. The average Bonchev–Trinajstić information content (AvgIpc) is 2.97. The molecule has 2 heterocycles. The lowest BCUT2D eigenvalue weighted by atomic mass is 10.1. The molecule has 17 nitrogen and oxygen atoms in total. The second-order valence-corrected chi connectivity index (χ2v) is 13.8. The Kier molecular flexibility index (Phi) is 12.6. The number of aryl methyl sites for hydroxylation is 1. The van der Waals surface area contributed by atoms with Gasteiger partial charge in [0, 0.05) is 50.7 Å². The number of pyridine rings is 1. The van der Waals surface area contributed by atoms with E-state index in [1.165, 1.54) is 17.6 Å². The molecule has 0 radical (unpaired) electrons. The van der Waals surface area contributed by atoms with E-state index >= 15 is 4.39 Å². The smallest absolute Gasteiger partial charge is 0.428 e. The van der Waals surface area contributed by atoms with Crippen LogP contribution in [0, 0.1) is 5.82 Å². The van der Waals surface area contributed by atoms with Crippen molar-refractivity contribution in [3.63, 3.8) is 0 Å². The van der Waals surface area contributed by atoms with Crippen molar-refractivity contribution in [2.45, 2.75) is 25.0 Å². The number of hydrogen-bond acceptors (Lipinski definition) is 16. The van der Waals surface area contributed by atoms with Crippen LogP contribution in [-0.4, -0.2) is 93.9 Å². The molecule has 1 aromatic carbocycles. The van der Waals surface area contributed by atoms with Crippen molar-refractivity contribution >= 4 is 37.8 Å². The Hall–Kier alpha value is -2.31. The summed E-state index contributed by atoms with van der Waals surface area (Å²) in [4.78, 5) is 47.8. The highest BCUT2D eigenvalue weighted by Crippen LogP contribution is 2.78. The number of fused-ring (bicyclic) bond motifs is 1. The molecule has 1 fully saturated rings. The molecule has 1 saturated heterocycles. The van der Waals surface area contributed by atoms with Crippen molar-refractivity contribution in [1.29, 1.82) is 0 Å². The summed E-state index contributed by atoms with van der Waals surface area (Å²) in [5.41, 5.74) is -1.01. The zero-order chi connectivity index (χ0) is 32.7. The van der Waals surface area contributed by atoms with Gasteiger partial charge >= 0.3 is 21.2 Å². The number of benzene rings is 1. The lowest BCUT2D eigenvalue weighted by Crippen LogP contribution is -2.44. The van der Waals surface area contributed by atoms with Crippen LogP contribution in [0.5, 0.6) is 0 Å². The number of carbonyl (C=O) groups is 1. The molecule has 1 N–H and O–H groups in total. The number of halogens is 1. The van der Waals surface area contributed by atoms with Gasteiger partial charge in [-0.1, -0.05) is 0 Å². The fourth-order valence-electron chi connectivity index (χ4n) is 4.58. The Morgan fingerprint density at radius 1 is 0.955 bits per heavy atom. The van der Waals surface area contributed by atoms with Crippen LogP contribution in [0.1, 0.15) is 23.7 Å². The second-order valence-electron chi connectivity index (χ2n) is 9.38. The average molecular weight is 672 g/mol. The quantitative estimate of drug-likeness (QED) is 0.119. The van der Waals surface area contributed by atoms with E-state index in [1.807, 2.05) is 7.05 Å². The normalized spacial score (nSPS) is 15.2. The first-order valence-corrected chi connectivity index (χ1v) is 16.2. The highest BCUT2D eigenvalue weighted by atomic mass is 31.2. The van der Waals surface area contributed by atoms with Gasteiger partial charge in [-0.05, 0) is 26.1 Å². The van der Waals surface area contributed by atoms with Gasteiger partial charge in [0.1, 0.15) is 11.4 Å². The number of aliphatic hydroxyl groups is 1. The minimum Gasteiger partial charge on any atom is -0.462 e. The number of nitrogens with zero attached hydrogens (tertiary/aromatic N) is 3. The van der Waals surface area contributed by atoms with E-state index in [1.54, 1.807) is 4.90 Å². The topological polar surface area (TPSA) is 183 Å². The molecule has 248 valence electrons. The Bertz CT molecular complexity index is 1420. The summed E-state index contributed by atoms with van der Waals surface area (Å²) in [7, 11) is -4.83. The van der Waals surface area contributed by atoms with Crippen LogP contribution in [0.4, 0.5) is 10.1 Å². The number of anilines is 1. The van der Waals surface area contributed by atoms with Gasteiger partial charge in [0.15, 0.2) is 0 Å². The van der Waals surface area contributed by atoms with Crippen LogP contribution in [0.25, 0.3) is 10.9 Å². The van der Waals surface area contributed by atoms with Crippen molar-refractivity contribution in [3.8, 4) is 0 Å². The molecule has 0 spiro atoms. The number of esters is 1. The fourth-order valence-corrected chi connectivity index (χ4v) is 8.24. The Morgan fingerprint density at radius 3 is 1.95 bits per heavy atom. The van der Waals surface area contributed by atoms with Gasteiger partial charge in [-0.2, -0.15) is 0 Å². The number of likely N-dealkylation sites (N-methyl/N-ethyl adjacent to an activating group) is 1. The third-order valence-corrected chi connectivity index (χ3v) is 11.8. The molecule has 1 aliphatic rings. The minimum atomic E-state index is -5.22. The van der Waals surface area contributed by atoms with Crippen LogP contribution in [0.2, 0.25) is 0 Å². The molecule has 1 aromatic heterocycles. The largest absolute Gasteiger partial charge is 0.462 e. The highest BCUT2D eigenvalue weighted by molar-refractivity contribution is 7.73. The van der Waals surface area contributed by atoms with Crippen LogP contribution in [0.15, 0.2) is 23.1 Å². The maximum absolute atomic E-state index is 15.5. The second kappa shape index (κ2) is 15.3. The molecule has 0 saturated carbocycles. The third kappa shape index (κ3) is 7.22. The van der Waals surface area contributed by atoms with Crippen molar-refractivity contribution in [2.24, 2.45) is 0 Å². The van der Waals surface area contributed by atoms with E-state index in [2.05, 4.69) is 24.5 Å². The lowest BCUT2D eigenvalue weighted by molar-refractivity contribution is -0.264. The van der Waals surface area contributed by atoms with Crippen molar-refractivity contribution < 1.29 is 66.4 Å². The zero-order valence-electron chi connectivity index (χ0n) is 25.1. The summed E-state index contributed by atoms with van der Waals surface area (Å²) in [5, 5.41) is 8.27. The number of carbonyl (C=O) groups excluding carboxylic acids is 1. The molecule has 0 aliphatic carbocycles. The Labute approximate surface area is 251 Å². The Balaban J connectivity index is 2.26. The van der Waals surface area contributed by atoms with Gasteiger partial charge in [-0.3, -0.25) is 13.9 Å². The van der Waals surface area contributed by atoms with Gasteiger partial charge in [-0.15, -0.1) is 18.7 Å². The molecule has 1 aliphatic heterocycles. The van der Waals surface area contributed by atoms with Gasteiger partial charge in [0.05, 0.1) is 46.3 Å². The van der Waals surface area contributed by atoms with Gasteiger partial charge in [0.2, 0.25) is 5.43 Å². The number of aromatic nitrogens is 1. The van der Waals surface area contributed by atoms with Crippen LogP contribution in [0.3, 0.4) is 0 Å². The number of piperazine rings is 1. The van der Waals surface area contributed by atoms with Crippen molar-refractivity contribution in [3.05, 3.63) is 39.9 Å². The van der Waals surface area contributed by atoms with Crippen LogP contribution < -0.4 is 10.3 Å². The molecule has 20 heteroatoms. The number of ether oxygens (including phenoxy) is 1. The maximum atomic E-state index is 15.5. The summed E-state index contributed by atoms with van der Waals surface area (Å²) in [6.45, 7) is 3.24. The fraction of sp³-hybridized carbons (Fsp3) is 0.583. The predicted molar refractivity (Wildman–Crippen MR) is 151 cm³/mol. The van der Waals surface area contributed by atoms with E-state index in [0.29, 0.717) is 26.2 Å². The molecule has 0 atom stereocenters. The molecule has 0 amide bonds. The van der Waals surface area contributed by atoms with Crippen LogP contribution >= 0.6 is 15.2 Å². The van der Waals surface area contributed by atoms with Crippen molar-refractivity contribution in [2.75, 3.05) is 73.2 Å². The summed E-state index contributed by atoms with van der Waals surface area (Å²) in [6.07, 6.45) is 0.204. The van der Waals surface area contributed by atoms with E-state index < -0.39 is 56.0 Å².